The van der Waals surface area contributed by atoms with Gasteiger partial charge in [0.25, 0.3) is 15.6 Å². The van der Waals surface area contributed by atoms with E-state index in [1.54, 1.807) is 23.8 Å². The Morgan fingerprint density at radius 1 is 1.22 bits per heavy atom. The van der Waals surface area contributed by atoms with E-state index >= 15 is 0 Å². The molecule has 3 aromatic rings. The lowest BCUT2D eigenvalue weighted by atomic mass is 9.96. The molecular weight excluding hydrogens is 454 g/mol. The summed E-state index contributed by atoms with van der Waals surface area (Å²) in [6.45, 7) is 0. The highest BCUT2D eigenvalue weighted by atomic mass is 35.5. The highest BCUT2D eigenvalue weighted by Gasteiger charge is 2.34. The fraction of sp³-hybridized carbons (Fsp3) is 0.273. The minimum Gasteiger partial charge on any atom is -0.495 e. The summed E-state index contributed by atoms with van der Waals surface area (Å²) in [6.07, 6.45) is 5.90. The summed E-state index contributed by atoms with van der Waals surface area (Å²) in [5, 5.41) is 3.94. The van der Waals surface area contributed by atoms with Crippen LogP contribution in [0.15, 0.2) is 74.3 Å². The van der Waals surface area contributed by atoms with Crippen LogP contribution in [0.5, 0.6) is 0 Å². The number of nitrogens with one attached hydrogen (secondary N) is 1. The molecule has 2 aliphatic rings. The number of aromatic nitrogens is 2. The molecule has 0 aliphatic heterocycles. The molecule has 166 valence electrons. The van der Waals surface area contributed by atoms with Crippen LogP contribution in [0.1, 0.15) is 19.3 Å². The van der Waals surface area contributed by atoms with Gasteiger partial charge >= 0.3 is 0 Å². The lowest BCUT2D eigenvalue weighted by Crippen LogP contribution is -2.24. The zero-order valence-corrected chi connectivity index (χ0v) is 18.7. The van der Waals surface area contributed by atoms with Crippen molar-refractivity contribution in [1.29, 1.82) is 0 Å². The number of fused-ring (bicyclic) bond motifs is 1. The average Bonchev–Trinajstić information content (AvgIpc) is 3.49. The highest BCUT2D eigenvalue weighted by Crippen LogP contribution is 2.45. The molecule has 0 radical (unpaired) electrons. The van der Waals surface area contributed by atoms with E-state index in [9.17, 15) is 13.2 Å². The zero-order valence-electron chi connectivity index (χ0n) is 17.1. The van der Waals surface area contributed by atoms with Crippen LogP contribution in [0.3, 0.4) is 0 Å². The van der Waals surface area contributed by atoms with E-state index in [0.29, 0.717) is 34.7 Å². The van der Waals surface area contributed by atoms with Crippen molar-refractivity contribution in [3.8, 4) is 0 Å². The van der Waals surface area contributed by atoms with Crippen molar-refractivity contribution in [2.24, 2.45) is 5.92 Å². The van der Waals surface area contributed by atoms with Crippen LogP contribution in [0.4, 0.5) is 5.82 Å². The maximum Gasteiger partial charge on any atom is 0.263 e. The largest absolute Gasteiger partial charge is 0.495 e. The first-order chi connectivity index (χ1) is 15.4. The van der Waals surface area contributed by atoms with Crippen LogP contribution in [0.2, 0.25) is 0 Å². The van der Waals surface area contributed by atoms with E-state index in [4.69, 9.17) is 16.3 Å². The van der Waals surface area contributed by atoms with Gasteiger partial charge in [-0.05, 0) is 54.7 Å². The van der Waals surface area contributed by atoms with Crippen molar-refractivity contribution in [2.45, 2.75) is 29.5 Å². The average molecular weight is 474 g/mol. The lowest BCUT2D eigenvalue weighted by molar-refractivity contribution is 0.303. The van der Waals surface area contributed by atoms with Gasteiger partial charge in [-0.25, -0.2) is 8.42 Å². The molecule has 1 saturated carbocycles. The Hall–Kier alpha value is -3.04. The van der Waals surface area contributed by atoms with E-state index in [2.05, 4.69) is 14.4 Å². The first-order valence-electron chi connectivity index (χ1n) is 10.1. The van der Waals surface area contributed by atoms with E-state index in [1.807, 2.05) is 6.08 Å². The first kappa shape index (κ1) is 20.8. The van der Waals surface area contributed by atoms with Gasteiger partial charge in [-0.3, -0.25) is 14.1 Å². The standard InChI is InChI=1S/C22H20ClN3O5S/c1-30-20-11-16(13-2-3-13)17(23)12-19(20)26-18-6-5-15(10-14(18)4-7-22(26)27)32(28,29)25-21-8-9-31-24-21/h4-11,13,17H,2-3,12H2,1H3,(H,24,25)/t17-/m1/s1. The number of pyridine rings is 1. The number of hydrogen-bond donors (Lipinski definition) is 1. The van der Waals surface area contributed by atoms with Crippen LogP contribution in [0, 0.1) is 5.92 Å². The van der Waals surface area contributed by atoms with Crippen LogP contribution >= 0.6 is 11.6 Å². The summed E-state index contributed by atoms with van der Waals surface area (Å²) in [4.78, 5) is 12.9. The molecule has 2 aliphatic carbocycles. The molecule has 2 heterocycles. The Labute approximate surface area is 189 Å². The number of nitrogens with zero attached hydrogens (tertiary/aromatic N) is 2. The third kappa shape index (κ3) is 3.71. The molecule has 8 nitrogen and oxygen atoms in total. The molecule has 1 aromatic carbocycles. The Balaban J connectivity index is 1.62. The molecule has 5 rings (SSSR count). The number of methoxy groups -OCH3 is 1. The molecule has 1 fully saturated rings. The molecule has 32 heavy (non-hydrogen) atoms. The molecule has 2 aromatic heterocycles. The van der Waals surface area contributed by atoms with Crippen LogP contribution < -0.4 is 10.3 Å². The van der Waals surface area contributed by atoms with Crippen molar-refractivity contribution in [1.82, 2.24) is 9.72 Å². The molecule has 0 unspecified atom stereocenters. The predicted octanol–water partition coefficient (Wildman–Crippen LogP) is 3.95. The Bertz CT molecular complexity index is 1420. The lowest BCUT2D eigenvalue weighted by Gasteiger charge is -2.25. The van der Waals surface area contributed by atoms with Gasteiger partial charge in [0.2, 0.25) is 0 Å². The van der Waals surface area contributed by atoms with Crippen molar-refractivity contribution >= 4 is 44.0 Å². The van der Waals surface area contributed by atoms with Gasteiger partial charge in [0, 0.05) is 23.9 Å². The van der Waals surface area contributed by atoms with Gasteiger partial charge in [-0.1, -0.05) is 5.16 Å². The predicted molar refractivity (Wildman–Crippen MR) is 121 cm³/mol. The van der Waals surface area contributed by atoms with Crippen molar-refractivity contribution in [3.05, 3.63) is 70.4 Å². The summed E-state index contributed by atoms with van der Waals surface area (Å²) >= 11 is 6.67. The fourth-order valence-corrected chi connectivity index (χ4v) is 5.43. The van der Waals surface area contributed by atoms with E-state index in [1.165, 1.54) is 30.5 Å². The number of halogens is 1. The summed E-state index contributed by atoms with van der Waals surface area (Å²) in [7, 11) is -2.31. The van der Waals surface area contributed by atoms with Crippen LogP contribution in [0.25, 0.3) is 16.6 Å². The second kappa shape index (κ2) is 7.83. The normalized spacial score (nSPS) is 19.2. The molecule has 0 bridgehead atoms. The zero-order chi connectivity index (χ0) is 22.5. The van der Waals surface area contributed by atoms with Gasteiger partial charge in [0.1, 0.15) is 12.0 Å². The van der Waals surface area contributed by atoms with E-state index < -0.39 is 10.0 Å². The smallest absolute Gasteiger partial charge is 0.263 e. The Kier molecular flexibility index (Phi) is 5.10. The third-order valence-corrected chi connectivity index (χ3v) is 7.47. The van der Waals surface area contributed by atoms with E-state index in [0.717, 1.165) is 18.4 Å². The maximum atomic E-state index is 12.9. The molecule has 1 N–H and O–H groups in total. The highest BCUT2D eigenvalue weighted by molar-refractivity contribution is 7.92. The second-order valence-corrected chi connectivity index (χ2v) is 10.0. The molecule has 0 spiro atoms. The SMILES string of the molecule is COC1=C(n2c(=O)ccc3cc(S(=O)(=O)Nc4ccon4)ccc32)C[C@@H](Cl)C(C2CC2)=C1. The number of anilines is 1. The number of alkyl halides is 1. The Morgan fingerprint density at radius 2 is 2.03 bits per heavy atom. The summed E-state index contributed by atoms with van der Waals surface area (Å²) in [6, 6.07) is 8.98. The van der Waals surface area contributed by atoms with Gasteiger partial charge in [0.15, 0.2) is 5.82 Å². The number of hydrogen-bond acceptors (Lipinski definition) is 6. The third-order valence-electron chi connectivity index (χ3n) is 5.71. The quantitative estimate of drug-likeness (QED) is 0.543. The summed E-state index contributed by atoms with van der Waals surface area (Å²) < 4.78 is 39.6. The van der Waals surface area contributed by atoms with Gasteiger partial charge in [-0.15, -0.1) is 11.6 Å². The van der Waals surface area contributed by atoms with Gasteiger partial charge in [-0.2, -0.15) is 0 Å². The number of allylic oxidation sites excluding steroid dienone is 3. The molecule has 1 atom stereocenters. The van der Waals surface area contributed by atoms with Crippen LogP contribution in [-0.2, 0) is 14.8 Å². The summed E-state index contributed by atoms with van der Waals surface area (Å²) in [5.41, 5.74) is 2.12. The topological polar surface area (TPSA) is 103 Å². The molecular formula is C22H20ClN3O5S. The number of ether oxygens (including phenoxy) is 1. The minimum atomic E-state index is -3.88. The number of benzene rings is 1. The number of rotatable bonds is 6. The fourth-order valence-electron chi connectivity index (χ4n) is 4.01. The molecule has 0 saturated heterocycles. The summed E-state index contributed by atoms with van der Waals surface area (Å²) in [5.74, 6) is 1.17. The molecule has 0 amide bonds. The van der Waals surface area contributed by atoms with Crippen molar-refractivity contribution < 1.29 is 17.7 Å². The van der Waals surface area contributed by atoms with E-state index in [-0.39, 0.29) is 21.6 Å². The Morgan fingerprint density at radius 3 is 2.72 bits per heavy atom. The minimum absolute atomic E-state index is 0.0360. The number of sulfonamides is 1. The van der Waals surface area contributed by atoms with Crippen LogP contribution in [-0.4, -0.2) is 30.6 Å². The molecule has 10 heteroatoms. The van der Waals surface area contributed by atoms with Crippen molar-refractivity contribution in [3.63, 3.8) is 0 Å². The van der Waals surface area contributed by atoms with Gasteiger partial charge < -0.3 is 9.26 Å². The first-order valence-corrected chi connectivity index (χ1v) is 12.0. The van der Waals surface area contributed by atoms with Crippen molar-refractivity contribution in [2.75, 3.05) is 11.8 Å². The monoisotopic (exact) mass is 473 g/mol. The second-order valence-electron chi connectivity index (χ2n) is 7.82. The van der Waals surface area contributed by atoms with Gasteiger partial charge in [0.05, 0.1) is 28.6 Å². The maximum absolute atomic E-state index is 12.9.